The van der Waals surface area contributed by atoms with E-state index in [0.29, 0.717) is 25.7 Å². The quantitative estimate of drug-likeness (QED) is 0.582. The molecule has 2 unspecified atom stereocenters. The van der Waals surface area contributed by atoms with Gasteiger partial charge in [-0.05, 0) is 37.0 Å². The topological polar surface area (TPSA) is 116 Å². The number of rotatable bonds is 7. The van der Waals surface area contributed by atoms with E-state index in [1.807, 2.05) is 6.92 Å². The number of unbranched alkanes of at least 4 members (excludes halogenated alkanes) is 1. The van der Waals surface area contributed by atoms with Gasteiger partial charge in [-0.15, -0.1) is 0 Å². The molecule has 4 amide bonds. The Morgan fingerprint density at radius 2 is 2.00 bits per heavy atom. The molecule has 8 nitrogen and oxygen atoms in total. The lowest BCUT2D eigenvalue weighted by molar-refractivity contribution is -0.142. The molecule has 1 saturated heterocycles. The van der Waals surface area contributed by atoms with Crippen LogP contribution < -0.4 is 10.6 Å². The summed E-state index contributed by atoms with van der Waals surface area (Å²) in [5.41, 5.74) is -1.06. The third-order valence-corrected chi connectivity index (χ3v) is 5.41. The highest BCUT2D eigenvalue weighted by molar-refractivity contribution is 6.09. The zero-order valence-corrected chi connectivity index (χ0v) is 16.6. The molecule has 1 spiro atoms. The SMILES string of the molecule is CCCC[C@H](NC(=O)CN1C(=O)NC2(CC(C)CC(C)(C)C2)C1=O)C(=O)O. The number of carbonyl (C=O) groups excluding carboxylic acids is 3. The van der Waals surface area contributed by atoms with Crippen molar-refractivity contribution in [2.75, 3.05) is 6.54 Å². The van der Waals surface area contributed by atoms with Crippen molar-refractivity contribution in [1.82, 2.24) is 15.5 Å². The van der Waals surface area contributed by atoms with Crippen LogP contribution in [-0.2, 0) is 14.4 Å². The zero-order chi connectivity index (χ0) is 20.4. The van der Waals surface area contributed by atoms with Crippen molar-refractivity contribution in [3.05, 3.63) is 0 Å². The average Bonchev–Trinajstić information content (AvgIpc) is 2.72. The summed E-state index contributed by atoms with van der Waals surface area (Å²) < 4.78 is 0. The molecule has 27 heavy (non-hydrogen) atoms. The highest BCUT2D eigenvalue weighted by Gasteiger charge is 2.56. The monoisotopic (exact) mass is 381 g/mol. The highest BCUT2D eigenvalue weighted by Crippen LogP contribution is 2.46. The van der Waals surface area contributed by atoms with Crippen LogP contribution in [0.25, 0.3) is 0 Å². The molecule has 1 aliphatic heterocycles. The van der Waals surface area contributed by atoms with Crippen molar-refractivity contribution in [1.29, 1.82) is 0 Å². The smallest absolute Gasteiger partial charge is 0.326 e. The van der Waals surface area contributed by atoms with E-state index in [9.17, 15) is 24.3 Å². The van der Waals surface area contributed by atoms with Gasteiger partial charge in [-0.3, -0.25) is 14.5 Å². The molecule has 1 saturated carbocycles. The minimum atomic E-state index is -1.12. The largest absolute Gasteiger partial charge is 0.480 e. The van der Waals surface area contributed by atoms with E-state index in [1.54, 1.807) is 0 Å². The van der Waals surface area contributed by atoms with Gasteiger partial charge in [-0.1, -0.05) is 40.5 Å². The Morgan fingerprint density at radius 1 is 1.33 bits per heavy atom. The fourth-order valence-electron chi connectivity index (χ4n) is 4.70. The van der Waals surface area contributed by atoms with Crippen LogP contribution in [0.3, 0.4) is 0 Å². The first-order chi connectivity index (χ1) is 12.5. The van der Waals surface area contributed by atoms with Crippen LogP contribution in [0.1, 0.15) is 66.2 Å². The third kappa shape index (κ3) is 4.78. The Balaban J connectivity index is 2.07. The maximum Gasteiger partial charge on any atom is 0.326 e. The Kier molecular flexibility index (Phi) is 6.17. The first kappa shape index (κ1) is 21.2. The van der Waals surface area contributed by atoms with Gasteiger partial charge in [-0.2, -0.15) is 0 Å². The molecule has 2 fully saturated rings. The maximum atomic E-state index is 13.0. The van der Waals surface area contributed by atoms with Gasteiger partial charge in [0.2, 0.25) is 5.91 Å². The maximum absolute atomic E-state index is 13.0. The lowest BCUT2D eigenvalue weighted by atomic mass is 9.64. The summed E-state index contributed by atoms with van der Waals surface area (Å²) in [5.74, 6) is -1.87. The molecule has 3 atom stereocenters. The van der Waals surface area contributed by atoms with Crippen molar-refractivity contribution in [2.24, 2.45) is 11.3 Å². The predicted octanol–water partition coefficient (Wildman–Crippen LogP) is 1.88. The molecule has 8 heteroatoms. The van der Waals surface area contributed by atoms with Crippen LogP contribution >= 0.6 is 0 Å². The van der Waals surface area contributed by atoms with Crippen molar-refractivity contribution >= 4 is 23.8 Å². The standard InChI is InChI=1S/C19H31N3O5/c1-5-6-7-13(15(24)25)20-14(23)10-22-16(26)19(21-17(22)27)9-12(2)8-18(3,4)11-19/h12-13H,5-11H2,1-4H3,(H,20,23)(H,21,27)(H,24,25)/t12?,13-,19?/m0/s1. The Bertz CT molecular complexity index is 633. The number of nitrogens with zero attached hydrogens (tertiary/aromatic N) is 1. The molecule has 0 aromatic heterocycles. The summed E-state index contributed by atoms with van der Waals surface area (Å²) in [6.07, 6.45) is 3.83. The summed E-state index contributed by atoms with van der Waals surface area (Å²) in [4.78, 5) is 49.9. The Morgan fingerprint density at radius 3 is 2.56 bits per heavy atom. The molecule has 1 aliphatic carbocycles. The van der Waals surface area contributed by atoms with Crippen LogP contribution in [0.15, 0.2) is 0 Å². The second-order valence-electron chi connectivity index (χ2n) is 8.86. The number of urea groups is 1. The van der Waals surface area contributed by atoms with Gasteiger partial charge in [-0.25, -0.2) is 9.59 Å². The summed E-state index contributed by atoms with van der Waals surface area (Å²) in [5, 5.41) is 14.5. The first-order valence-corrected chi connectivity index (χ1v) is 9.66. The summed E-state index contributed by atoms with van der Waals surface area (Å²) in [7, 11) is 0. The van der Waals surface area contributed by atoms with E-state index in [4.69, 9.17) is 0 Å². The lowest BCUT2D eigenvalue weighted by Crippen LogP contribution is -2.54. The number of nitrogens with one attached hydrogen (secondary N) is 2. The third-order valence-electron chi connectivity index (χ3n) is 5.41. The number of hydrogen-bond donors (Lipinski definition) is 3. The number of carboxylic acids is 1. The molecule has 2 aliphatic rings. The van der Waals surface area contributed by atoms with Gasteiger partial charge in [0.25, 0.3) is 5.91 Å². The first-order valence-electron chi connectivity index (χ1n) is 9.66. The lowest BCUT2D eigenvalue weighted by Gasteiger charge is -2.43. The zero-order valence-electron chi connectivity index (χ0n) is 16.6. The molecular weight excluding hydrogens is 350 g/mol. The number of carboxylic acid groups (broad SMARTS) is 1. The van der Waals surface area contributed by atoms with Crippen molar-refractivity contribution in [3.63, 3.8) is 0 Å². The number of imide groups is 1. The van der Waals surface area contributed by atoms with Gasteiger partial charge in [0.1, 0.15) is 18.1 Å². The molecule has 0 aromatic rings. The van der Waals surface area contributed by atoms with Gasteiger partial charge in [0.05, 0.1) is 0 Å². The minimum Gasteiger partial charge on any atom is -0.480 e. The molecule has 152 valence electrons. The van der Waals surface area contributed by atoms with E-state index >= 15 is 0 Å². The fourth-order valence-corrected chi connectivity index (χ4v) is 4.70. The fraction of sp³-hybridized carbons (Fsp3) is 0.789. The molecular formula is C19H31N3O5. The summed E-state index contributed by atoms with van der Waals surface area (Å²) >= 11 is 0. The van der Waals surface area contributed by atoms with Gasteiger partial charge in [0, 0.05) is 0 Å². The molecule has 0 bridgehead atoms. The molecule has 0 radical (unpaired) electrons. The minimum absolute atomic E-state index is 0.0899. The Hall–Kier alpha value is -2.12. The second kappa shape index (κ2) is 7.86. The number of aliphatic carboxylic acids is 1. The predicted molar refractivity (Wildman–Crippen MR) is 98.9 cm³/mol. The van der Waals surface area contributed by atoms with E-state index in [-0.39, 0.29) is 17.2 Å². The van der Waals surface area contributed by atoms with Crippen LogP contribution in [0.2, 0.25) is 0 Å². The molecule has 0 aromatic carbocycles. The molecule has 2 rings (SSSR count). The van der Waals surface area contributed by atoms with Gasteiger partial charge >= 0.3 is 12.0 Å². The van der Waals surface area contributed by atoms with Crippen molar-refractivity contribution in [2.45, 2.75) is 77.8 Å². The Labute approximate surface area is 160 Å². The molecule has 1 heterocycles. The van der Waals surface area contributed by atoms with Crippen molar-refractivity contribution in [3.8, 4) is 0 Å². The molecule has 3 N–H and O–H groups in total. The van der Waals surface area contributed by atoms with Crippen LogP contribution in [0.5, 0.6) is 0 Å². The van der Waals surface area contributed by atoms with Gasteiger partial charge < -0.3 is 15.7 Å². The summed E-state index contributed by atoms with van der Waals surface area (Å²) in [6.45, 7) is 7.68. The van der Waals surface area contributed by atoms with E-state index in [2.05, 4.69) is 31.4 Å². The highest BCUT2D eigenvalue weighted by atomic mass is 16.4. The van der Waals surface area contributed by atoms with Crippen LogP contribution in [0, 0.1) is 11.3 Å². The second-order valence-corrected chi connectivity index (χ2v) is 8.86. The van der Waals surface area contributed by atoms with Crippen molar-refractivity contribution < 1.29 is 24.3 Å². The normalized spacial score (nSPS) is 28.1. The average molecular weight is 381 g/mol. The number of amides is 4. The van der Waals surface area contributed by atoms with E-state index in [0.717, 1.165) is 17.7 Å². The van der Waals surface area contributed by atoms with Gasteiger partial charge in [0.15, 0.2) is 0 Å². The van der Waals surface area contributed by atoms with Crippen LogP contribution in [-0.4, -0.2) is 51.9 Å². The summed E-state index contributed by atoms with van der Waals surface area (Å²) in [6, 6.07) is -1.60. The number of carbonyl (C=O) groups is 4. The van der Waals surface area contributed by atoms with Crippen LogP contribution in [0.4, 0.5) is 4.79 Å². The van der Waals surface area contributed by atoms with E-state index in [1.165, 1.54) is 0 Å². The van der Waals surface area contributed by atoms with E-state index < -0.39 is 36.0 Å². The number of hydrogen-bond acceptors (Lipinski definition) is 4.